The Morgan fingerprint density at radius 2 is 1.74 bits per heavy atom. The number of esters is 1. The van der Waals surface area contributed by atoms with Gasteiger partial charge in [-0.3, -0.25) is 0 Å². The lowest BCUT2D eigenvalue weighted by molar-refractivity contribution is -0.148. The van der Waals surface area contributed by atoms with Crippen LogP contribution in [0.15, 0.2) is 24.3 Å². The maximum absolute atomic E-state index is 12.8. The van der Waals surface area contributed by atoms with Crippen LogP contribution in [0.2, 0.25) is 25.7 Å². The van der Waals surface area contributed by atoms with Crippen molar-refractivity contribution in [3.8, 4) is 0 Å². The van der Waals surface area contributed by atoms with Crippen molar-refractivity contribution in [2.24, 2.45) is 11.3 Å². The van der Waals surface area contributed by atoms with Crippen molar-refractivity contribution < 1.29 is 19.4 Å². The number of carbonyl (C=O) groups is 2. The highest BCUT2D eigenvalue weighted by molar-refractivity contribution is 14.1. The number of carboxylic acid groups (broad SMARTS) is 1. The number of halogens is 1. The van der Waals surface area contributed by atoms with E-state index in [1.165, 1.54) is 0 Å². The number of amides is 1. The molecule has 0 heterocycles. The van der Waals surface area contributed by atoms with E-state index >= 15 is 0 Å². The van der Waals surface area contributed by atoms with E-state index in [0.29, 0.717) is 13.0 Å². The molecule has 1 rings (SSSR count). The number of hydrogen-bond acceptors (Lipinski definition) is 3. The summed E-state index contributed by atoms with van der Waals surface area (Å²) in [7, 11) is -1.34. The van der Waals surface area contributed by atoms with Crippen LogP contribution in [0.4, 0.5) is 4.79 Å². The highest BCUT2D eigenvalue weighted by Crippen LogP contribution is 2.33. The van der Waals surface area contributed by atoms with E-state index < -0.39 is 26.2 Å². The quantitative estimate of drug-likeness (QED) is 0.296. The molecule has 1 aromatic rings. The van der Waals surface area contributed by atoms with Gasteiger partial charge in [0, 0.05) is 11.6 Å². The summed E-state index contributed by atoms with van der Waals surface area (Å²) in [4.78, 5) is 24.1. The van der Waals surface area contributed by atoms with Crippen molar-refractivity contribution in [1.29, 1.82) is 0 Å². The second kappa shape index (κ2) is 9.91. The van der Waals surface area contributed by atoms with E-state index in [1.807, 2.05) is 45.0 Å². The van der Waals surface area contributed by atoms with Crippen LogP contribution in [0, 0.1) is 14.9 Å². The average molecular weight is 505 g/mol. The third-order valence-electron chi connectivity index (χ3n) is 4.51. The van der Waals surface area contributed by atoms with Gasteiger partial charge in [-0.25, -0.2) is 9.59 Å². The van der Waals surface area contributed by atoms with E-state index in [1.54, 1.807) is 0 Å². The van der Waals surface area contributed by atoms with Crippen LogP contribution in [-0.2, 0) is 16.0 Å². The summed E-state index contributed by atoms with van der Waals surface area (Å²) in [5.41, 5.74) is 0.788. The molecule has 152 valence electrons. The summed E-state index contributed by atoms with van der Waals surface area (Å²) >= 11 is 2.25. The molecule has 0 radical (unpaired) electrons. The van der Waals surface area contributed by atoms with Crippen LogP contribution in [0.5, 0.6) is 0 Å². The minimum atomic E-state index is -1.34. The van der Waals surface area contributed by atoms with Crippen LogP contribution < -0.4 is 5.32 Å². The van der Waals surface area contributed by atoms with Crippen molar-refractivity contribution in [2.45, 2.75) is 58.9 Å². The summed E-state index contributed by atoms with van der Waals surface area (Å²) in [6, 6.07) is 8.03. The predicted molar refractivity (Wildman–Crippen MR) is 120 cm³/mol. The topological polar surface area (TPSA) is 75.6 Å². The van der Waals surface area contributed by atoms with Gasteiger partial charge in [0.05, 0.1) is 6.61 Å². The van der Waals surface area contributed by atoms with E-state index in [-0.39, 0.29) is 11.3 Å². The summed E-state index contributed by atoms with van der Waals surface area (Å²) < 4.78 is 6.62. The fraction of sp³-hybridized carbons (Fsp3) is 0.600. The Kier molecular flexibility index (Phi) is 8.79. The van der Waals surface area contributed by atoms with Crippen molar-refractivity contribution in [3.63, 3.8) is 0 Å². The van der Waals surface area contributed by atoms with Crippen molar-refractivity contribution in [2.75, 3.05) is 6.61 Å². The Bertz CT molecular complexity index is 635. The number of hydrogen-bond donors (Lipinski definition) is 2. The number of carbonyl (C=O) groups excluding carboxylic acids is 1. The van der Waals surface area contributed by atoms with Crippen LogP contribution in [0.3, 0.4) is 0 Å². The molecule has 0 fully saturated rings. The van der Waals surface area contributed by atoms with Crippen LogP contribution in [0.25, 0.3) is 0 Å². The molecule has 0 saturated heterocycles. The maximum Gasteiger partial charge on any atom is 0.405 e. The SMILES string of the molecule is CC(C)(C)C(Cc1ccc(I)cc1)[C@H](NC(=O)O)C(=O)OCC[Si](C)(C)C. The van der Waals surface area contributed by atoms with Gasteiger partial charge in [0.25, 0.3) is 0 Å². The summed E-state index contributed by atoms with van der Waals surface area (Å²) in [6.45, 7) is 13.0. The monoisotopic (exact) mass is 505 g/mol. The molecule has 1 unspecified atom stereocenters. The predicted octanol–water partition coefficient (Wildman–Crippen LogP) is 5.01. The van der Waals surface area contributed by atoms with Gasteiger partial charge in [0.1, 0.15) is 6.04 Å². The van der Waals surface area contributed by atoms with E-state index in [4.69, 9.17) is 4.74 Å². The van der Waals surface area contributed by atoms with Gasteiger partial charge in [0.2, 0.25) is 0 Å². The average Bonchev–Trinajstić information content (AvgIpc) is 2.49. The number of rotatable bonds is 8. The molecule has 27 heavy (non-hydrogen) atoms. The molecule has 1 aromatic carbocycles. The fourth-order valence-electron chi connectivity index (χ4n) is 2.80. The molecule has 2 atom stereocenters. The smallest absolute Gasteiger partial charge is 0.405 e. The summed E-state index contributed by atoms with van der Waals surface area (Å²) in [6.07, 6.45) is -0.617. The third kappa shape index (κ3) is 9.10. The first-order valence-electron chi connectivity index (χ1n) is 9.20. The minimum Gasteiger partial charge on any atom is -0.465 e. The van der Waals surface area contributed by atoms with E-state index in [0.717, 1.165) is 15.2 Å². The Morgan fingerprint density at radius 1 is 1.19 bits per heavy atom. The normalized spacial score (nSPS) is 14.3. The highest BCUT2D eigenvalue weighted by atomic mass is 127. The van der Waals surface area contributed by atoms with E-state index in [9.17, 15) is 14.7 Å². The zero-order valence-corrected chi connectivity index (χ0v) is 20.3. The molecule has 5 nitrogen and oxygen atoms in total. The first-order valence-corrected chi connectivity index (χ1v) is 14.0. The van der Waals surface area contributed by atoms with Gasteiger partial charge in [-0.05, 0) is 64.1 Å². The van der Waals surface area contributed by atoms with Crippen LogP contribution in [-0.4, -0.2) is 37.9 Å². The zero-order chi connectivity index (χ0) is 20.8. The Hall–Kier alpha value is -1.09. The molecule has 0 bridgehead atoms. The minimum absolute atomic E-state index is 0.229. The van der Waals surface area contributed by atoms with Gasteiger partial charge in [-0.15, -0.1) is 0 Å². The molecule has 0 spiro atoms. The molecule has 2 N–H and O–H groups in total. The van der Waals surface area contributed by atoms with Gasteiger partial charge < -0.3 is 15.2 Å². The Balaban J connectivity index is 3.02. The number of ether oxygens (including phenoxy) is 1. The fourth-order valence-corrected chi connectivity index (χ4v) is 3.88. The standard InChI is InChI=1S/C20H32INO4Si/c1-20(2,3)16(13-14-7-9-15(21)10-8-14)17(22-19(24)25)18(23)26-11-12-27(4,5)6/h7-10,16-17,22H,11-13H2,1-6H3,(H,24,25)/t16?,17-/m0/s1. The largest absolute Gasteiger partial charge is 0.465 e. The molecule has 0 saturated carbocycles. The van der Waals surface area contributed by atoms with E-state index in [2.05, 4.69) is 47.5 Å². The molecule has 0 aliphatic heterocycles. The first kappa shape index (κ1) is 23.9. The number of nitrogens with one attached hydrogen (secondary N) is 1. The molecule has 0 aromatic heterocycles. The van der Waals surface area contributed by atoms with Gasteiger partial charge >= 0.3 is 12.1 Å². The molecular formula is C20H32INO4Si. The van der Waals surface area contributed by atoms with Crippen molar-refractivity contribution in [3.05, 3.63) is 33.4 Å². The second-order valence-electron chi connectivity index (χ2n) is 9.21. The first-order chi connectivity index (χ1) is 12.3. The lowest BCUT2D eigenvalue weighted by atomic mass is 9.73. The van der Waals surface area contributed by atoms with Gasteiger partial charge in [-0.2, -0.15) is 0 Å². The van der Waals surface area contributed by atoms with Crippen LogP contribution in [0.1, 0.15) is 26.3 Å². The Labute approximate surface area is 177 Å². The molecular weight excluding hydrogens is 473 g/mol. The van der Waals surface area contributed by atoms with Gasteiger partial charge in [0.15, 0.2) is 0 Å². The summed E-state index contributed by atoms with van der Waals surface area (Å²) in [5.74, 6) is -0.714. The van der Waals surface area contributed by atoms with Crippen molar-refractivity contribution >= 4 is 42.7 Å². The Morgan fingerprint density at radius 3 is 2.19 bits per heavy atom. The second-order valence-corrected chi connectivity index (χ2v) is 16.1. The molecule has 0 aliphatic carbocycles. The van der Waals surface area contributed by atoms with Gasteiger partial charge in [-0.1, -0.05) is 52.5 Å². The number of benzene rings is 1. The summed E-state index contributed by atoms with van der Waals surface area (Å²) in [5, 5.41) is 11.7. The lowest BCUT2D eigenvalue weighted by Crippen LogP contribution is -2.51. The maximum atomic E-state index is 12.8. The molecule has 1 amide bonds. The highest BCUT2D eigenvalue weighted by Gasteiger charge is 2.39. The lowest BCUT2D eigenvalue weighted by Gasteiger charge is -2.36. The van der Waals surface area contributed by atoms with Crippen LogP contribution >= 0.6 is 22.6 Å². The zero-order valence-electron chi connectivity index (χ0n) is 17.1. The third-order valence-corrected chi connectivity index (χ3v) is 6.94. The molecule has 7 heteroatoms. The molecule has 0 aliphatic rings. The van der Waals surface area contributed by atoms with Crippen molar-refractivity contribution in [1.82, 2.24) is 5.32 Å².